The number of hydrogen-bond donors (Lipinski definition) is 2. The Labute approximate surface area is 134 Å². The molecule has 2 N–H and O–H groups in total. The summed E-state index contributed by atoms with van der Waals surface area (Å²) in [5.41, 5.74) is 0.991. The maximum absolute atomic E-state index is 12.5. The van der Waals surface area contributed by atoms with E-state index in [1.54, 1.807) is 19.1 Å². The van der Waals surface area contributed by atoms with Crippen LogP contribution in [0.1, 0.15) is 45.5 Å². The highest BCUT2D eigenvalue weighted by molar-refractivity contribution is 5.98. The van der Waals surface area contributed by atoms with E-state index in [2.05, 4.69) is 5.32 Å². The molecule has 1 aromatic carbocycles. The monoisotopic (exact) mass is 319 g/mol. The maximum Gasteiger partial charge on any atom is 0.335 e. The molecule has 2 atom stereocenters. The Hall–Kier alpha value is -1.92. The molecule has 2 heterocycles. The molecule has 1 spiro atoms. The van der Waals surface area contributed by atoms with Crippen LogP contribution < -0.4 is 5.32 Å². The van der Waals surface area contributed by atoms with Crippen LogP contribution in [0.3, 0.4) is 0 Å². The lowest BCUT2D eigenvalue weighted by atomic mass is 9.89. The Balaban J connectivity index is 1.70. The molecule has 2 fully saturated rings. The first kappa shape index (κ1) is 16.0. The number of carboxylic acids is 1. The summed E-state index contributed by atoms with van der Waals surface area (Å²) in [5.74, 6) is -1.27. The first-order valence-corrected chi connectivity index (χ1v) is 7.85. The van der Waals surface area contributed by atoms with Crippen molar-refractivity contribution in [2.45, 2.75) is 37.8 Å². The standard InChI is InChI=1S/C17H21NO5/c1-11-6-12(8-13(7-11)16(20)21)15(19)18-14-2-4-23-17(9-14)3-5-22-10-17/h6-8,14H,2-5,9-10H2,1H3,(H,18,19)(H,20,21)/t14-,17+/m0/s1. The second kappa shape index (κ2) is 6.29. The summed E-state index contributed by atoms with van der Waals surface area (Å²) in [6.45, 7) is 3.65. The number of ether oxygens (including phenoxy) is 2. The molecule has 23 heavy (non-hydrogen) atoms. The molecule has 0 aliphatic carbocycles. The summed E-state index contributed by atoms with van der Waals surface area (Å²) in [6, 6.07) is 4.69. The number of benzene rings is 1. The van der Waals surface area contributed by atoms with Gasteiger partial charge in [0.15, 0.2) is 0 Å². The van der Waals surface area contributed by atoms with Gasteiger partial charge in [0, 0.05) is 31.2 Å². The van der Waals surface area contributed by atoms with E-state index in [9.17, 15) is 9.59 Å². The quantitative estimate of drug-likeness (QED) is 0.887. The van der Waals surface area contributed by atoms with E-state index >= 15 is 0 Å². The highest BCUT2D eigenvalue weighted by Gasteiger charge is 2.41. The van der Waals surface area contributed by atoms with Crippen LogP contribution in [-0.4, -0.2) is 48.4 Å². The van der Waals surface area contributed by atoms with Crippen LogP contribution in [0.4, 0.5) is 0 Å². The third kappa shape index (κ3) is 3.54. The lowest BCUT2D eigenvalue weighted by Crippen LogP contribution is -2.49. The molecule has 1 amide bonds. The summed E-state index contributed by atoms with van der Waals surface area (Å²) in [4.78, 5) is 23.6. The molecule has 3 rings (SSSR count). The number of carbonyl (C=O) groups excluding carboxylic acids is 1. The van der Waals surface area contributed by atoms with Crippen molar-refractivity contribution >= 4 is 11.9 Å². The van der Waals surface area contributed by atoms with Gasteiger partial charge in [0.2, 0.25) is 0 Å². The second-order valence-electron chi connectivity index (χ2n) is 6.39. The Bertz CT molecular complexity index is 621. The van der Waals surface area contributed by atoms with Crippen molar-refractivity contribution in [3.8, 4) is 0 Å². The number of nitrogens with one attached hydrogen (secondary N) is 1. The van der Waals surface area contributed by atoms with E-state index in [-0.39, 0.29) is 23.1 Å². The minimum absolute atomic E-state index is 0.0201. The fourth-order valence-corrected chi connectivity index (χ4v) is 3.32. The molecule has 6 heteroatoms. The number of carbonyl (C=O) groups is 2. The molecular formula is C17H21NO5. The molecule has 0 saturated carbocycles. The molecule has 2 aliphatic rings. The van der Waals surface area contributed by atoms with Gasteiger partial charge in [-0.1, -0.05) is 0 Å². The fourth-order valence-electron chi connectivity index (χ4n) is 3.32. The first-order chi connectivity index (χ1) is 11.0. The molecule has 0 bridgehead atoms. The highest BCUT2D eigenvalue weighted by atomic mass is 16.6. The van der Waals surface area contributed by atoms with Gasteiger partial charge < -0.3 is 19.9 Å². The topological polar surface area (TPSA) is 84.9 Å². The Morgan fingerprint density at radius 3 is 2.74 bits per heavy atom. The smallest absolute Gasteiger partial charge is 0.335 e. The number of carboxylic acid groups (broad SMARTS) is 1. The van der Waals surface area contributed by atoms with Crippen molar-refractivity contribution in [2.75, 3.05) is 19.8 Å². The summed E-state index contributed by atoms with van der Waals surface area (Å²) >= 11 is 0. The van der Waals surface area contributed by atoms with E-state index in [4.69, 9.17) is 14.6 Å². The minimum Gasteiger partial charge on any atom is -0.478 e. The normalized spacial score (nSPS) is 27.1. The van der Waals surface area contributed by atoms with Gasteiger partial charge in [-0.3, -0.25) is 4.79 Å². The van der Waals surface area contributed by atoms with Crippen LogP contribution in [0, 0.1) is 6.92 Å². The van der Waals surface area contributed by atoms with Crippen molar-refractivity contribution in [1.29, 1.82) is 0 Å². The summed E-state index contributed by atoms with van der Waals surface area (Å²) in [5, 5.41) is 12.1. The van der Waals surface area contributed by atoms with Crippen molar-refractivity contribution in [3.63, 3.8) is 0 Å². The summed E-state index contributed by atoms with van der Waals surface area (Å²) in [6.07, 6.45) is 2.34. The largest absolute Gasteiger partial charge is 0.478 e. The van der Waals surface area contributed by atoms with Gasteiger partial charge in [0.1, 0.15) is 0 Å². The van der Waals surface area contributed by atoms with Gasteiger partial charge in [-0.15, -0.1) is 0 Å². The third-order valence-electron chi connectivity index (χ3n) is 4.48. The number of hydrogen-bond acceptors (Lipinski definition) is 4. The van der Waals surface area contributed by atoms with Crippen LogP contribution in [-0.2, 0) is 9.47 Å². The van der Waals surface area contributed by atoms with Gasteiger partial charge in [0.25, 0.3) is 5.91 Å². The molecule has 1 aromatic rings. The molecule has 0 radical (unpaired) electrons. The predicted molar refractivity (Wildman–Crippen MR) is 82.7 cm³/mol. The zero-order valence-electron chi connectivity index (χ0n) is 13.1. The molecule has 2 saturated heterocycles. The second-order valence-corrected chi connectivity index (χ2v) is 6.39. The molecule has 6 nitrogen and oxygen atoms in total. The maximum atomic E-state index is 12.5. The lowest BCUT2D eigenvalue weighted by molar-refractivity contribution is -0.0881. The van der Waals surface area contributed by atoms with Crippen LogP contribution >= 0.6 is 0 Å². The molecule has 0 unspecified atom stereocenters. The Kier molecular flexibility index (Phi) is 4.37. The van der Waals surface area contributed by atoms with Crippen LogP contribution in [0.25, 0.3) is 0 Å². The molecular weight excluding hydrogens is 298 g/mol. The summed E-state index contributed by atoms with van der Waals surface area (Å²) in [7, 11) is 0. The van der Waals surface area contributed by atoms with Crippen molar-refractivity contribution in [1.82, 2.24) is 5.32 Å². The highest BCUT2D eigenvalue weighted by Crippen LogP contribution is 2.32. The number of aryl methyl sites for hydroxylation is 1. The third-order valence-corrected chi connectivity index (χ3v) is 4.48. The molecule has 0 aromatic heterocycles. The SMILES string of the molecule is Cc1cc(C(=O)O)cc(C(=O)N[C@H]2CCO[C@]3(CCOC3)C2)c1. The van der Waals surface area contributed by atoms with E-state index in [0.29, 0.717) is 25.4 Å². The van der Waals surface area contributed by atoms with Crippen LogP contribution in [0.15, 0.2) is 18.2 Å². The Morgan fingerprint density at radius 1 is 1.26 bits per heavy atom. The number of rotatable bonds is 3. The van der Waals surface area contributed by atoms with E-state index in [0.717, 1.165) is 24.8 Å². The fraction of sp³-hybridized carbons (Fsp3) is 0.529. The zero-order valence-corrected chi connectivity index (χ0v) is 13.1. The average Bonchev–Trinajstić information content (AvgIpc) is 2.94. The lowest BCUT2D eigenvalue weighted by Gasteiger charge is -2.37. The van der Waals surface area contributed by atoms with Gasteiger partial charge >= 0.3 is 5.97 Å². The van der Waals surface area contributed by atoms with Crippen molar-refractivity contribution < 1.29 is 24.2 Å². The van der Waals surface area contributed by atoms with Crippen LogP contribution in [0.5, 0.6) is 0 Å². The minimum atomic E-state index is -1.03. The van der Waals surface area contributed by atoms with E-state index < -0.39 is 5.97 Å². The van der Waals surface area contributed by atoms with Crippen LogP contribution in [0.2, 0.25) is 0 Å². The number of aromatic carboxylic acids is 1. The number of amides is 1. The Morgan fingerprint density at radius 2 is 2.04 bits per heavy atom. The van der Waals surface area contributed by atoms with Gasteiger partial charge in [-0.2, -0.15) is 0 Å². The van der Waals surface area contributed by atoms with Gasteiger partial charge in [0.05, 0.1) is 17.8 Å². The summed E-state index contributed by atoms with van der Waals surface area (Å²) < 4.78 is 11.3. The van der Waals surface area contributed by atoms with Crippen molar-refractivity contribution in [2.24, 2.45) is 0 Å². The molecule has 2 aliphatic heterocycles. The predicted octanol–water partition coefficient (Wildman–Crippen LogP) is 1.76. The van der Waals surface area contributed by atoms with Gasteiger partial charge in [-0.05, 0) is 43.5 Å². The van der Waals surface area contributed by atoms with Gasteiger partial charge in [-0.25, -0.2) is 4.79 Å². The first-order valence-electron chi connectivity index (χ1n) is 7.85. The van der Waals surface area contributed by atoms with Crippen molar-refractivity contribution in [3.05, 3.63) is 34.9 Å². The van der Waals surface area contributed by atoms with E-state index in [1.807, 2.05) is 0 Å². The zero-order chi connectivity index (χ0) is 16.4. The van der Waals surface area contributed by atoms with E-state index in [1.165, 1.54) is 6.07 Å². The average molecular weight is 319 g/mol. The molecule has 124 valence electrons.